The lowest BCUT2D eigenvalue weighted by molar-refractivity contribution is -0.114. The highest BCUT2D eigenvalue weighted by Gasteiger charge is 2.16. The lowest BCUT2D eigenvalue weighted by Crippen LogP contribution is -2.33. The lowest BCUT2D eigenvalue weighted by Gasteiger charge is -2.29. The summed E-state index contributed by atoms with van der Waals surface area (Å²) in [4.78, 5) is 30.5. The molecule has 0 bridgehead atoms. The first-order valence-electron chi connectivity index (χ1n) is 9.76. The van der Waals surface area contributed by atoms with E-state index in [-0.39, 0.29) is 11.9 Å². The number of nitrogens with one attached hydrogen (secondary N) is 3. The first kappa shape index (κ1) is 20.4. The Morgan fingerprint density at radius 1 is 1.14 bits per heavy atom. The molecular formula is C21H27N5O3. The van der Waals surface area contributed by atoms with Crippen LogP contribution in [-0.2, 0) is 11.3 Å². The van der Waals surface area contributed by atoms with Crippen molar-refractivity contribution in [3.8, 4) is 5.75 Å². The predicted octanol–water partition coefficient (Wildman–Crippen LogP) is 3.36. The number of rotatable bonds is 6. The van der Waals surface area contributed by atoms with Crippen molar-refractivity contribution in [1.29, 1.82) is 0 Å². The van der Waals surface area contributed by atoms with Crippen LogP contribution in [-0.4, -0.2) is 37.1 Å². The zero-order valence-electron chi connectivity index (χ0n) is 16.8. The quantitative estimate of drug-likeness (QED) is 0.695. The smallest absolute Gasteiger partial charge is 0.319 e. The second kappa shape index (κ2) is 9.77. The summed E-state index contributed by atoms with van der Waals surface area (Å²) in [6, 6.07) is 8.55. The molecule has 3 N–H and O–H groups in total. The van der Waals surface area contributed by atoms with Gasteiger partial charge >= 0.3 is 6.03 Å². The van der Waals surface area contributed by atoms with Crippen LogP contribution in [0, 0.1) is 0 Å². The summed E-state index contributed by atoms with van der Waals surface area (Å²) in [6.07, 6.45) is 5.35. The van der Waals surface area contributed by atoms with Gasteiger partial charge < -0.3 is 25.6 Å². The third-order valence-electron chi connectivity index (χ3n) is 4.73. The fourth-order valence-electron chi connectivity index (χ4n) is 3.39. The summed E-state index contributed by atoms with van der Waals surface area (Å²) in [7, 11) is 1.52. The number of benzene rings is 1. The monoisotopic (exact) mass is 397 g/mol. The zero-order valence-corrected chi connectivity index (χ0v) is 16.8. The molecule has 0 spiro atoms. The Bertz CT molecular complexity index is 865. The number of piperidine rings is 1. The van der Waals surface area contributed by atoms with Gasteiger partial charge in [0.05, 0.1) is 12.8 Å². The average molecular weight is 397 g/mol. The minimum Gasteiger partial charge on any atom is -0.495 e. The van der Waals surface area contributed by atoms with Gasteiger partial charge in [-0.1, -0.05) is 6.07 Å². The molecule has 3 rings (SSSR count). The summed E-state index contributed by atoms with van der Waals surface area (Å²) < 4.78 is 5.30. The van der Waals surface area contributed by atoms with E-state index in [2.05, 4.69) is 25.8 Å². The number of hydrogen-bond acceptors (Lipinski definition) is 5. The van der Waals surface area contributed by atoms with Crippen molar-refractivity contribution in [2.75, 3.05) is 35.7 Å². The molecule has 8 nitrogen and oxygen atoms in total. The molecule has 29 heavy (non-hydrogen) atoms. The standard InChI is InChI=1S/C21H27N5O3/c1-15(27)24-17-8-9-19(29-2)18(13-17)25-21(28)23-14-16-7-6-10-22-20(16)26-11-4-3-5-12-26/h6-10,13H,3-5,11-12,14H2,1-2H3,(H,24,27)(H2,23,25,28). The fraction of sp³-hybridized carbons (Fsp3) is 0.381. The van der Waals surface area contributed by atoms with Gasteiger partial charge in [-0.25, -0.2) is 9.78 Å². The van der Waals surface area contributed by atoms with Gasteiger partial charge in [0.25, 0.3) is 0 Å². The first-order valence-corrected chi connectivity index (χ1v) is 9.76. The highest BCUT2D eigenvalue weighted by atomic mass is 16.5. The molecule has 154 valence electrons. The van der Waals surface area contributed by atoms with E-state index >= 15 is 0 Å². The molecule has 8 heteroatoms. The molecular weight excluding hydrogens is 370 g/mol. The highest BCUT2D eigenvalue weighted by molar-refractivity contribution is 5.94. The Balaban J connectivity index is 1.65. The Labute approximate surface area is 170 Å². The lowest BCUT2D eigenvalue weighted by atomic mass is 10.1. The molecule has 1 fully saturated rings. The van der Waals surface area contributed by atoms with Crippen LogP contribution in [0.4, 0.5) is 22.0 Å². The fourth-order valence-corrected chi connectivity index (χ4v) is 3.39. The minimum atomic E-state index is -0.364. The number of carbonyl (C=O) groups is 2. The maximum atomic E-state index is 12.5. The Hall–Kier alpha value is -3.29. The number of amides is 3. The number of pyridine rings is 1. The molecule has 2 aromatic rings. The van der Waals surface area contributed by atoms with Crippen LogP contribution < -0.4 is 25.6 Å². The summed E-state index contributed by atoms with van der Waals surface area (Å²) in [6.45, 7) is 3.77. The van der Waals surface area contributed by atoms with Crippen molar-refractivity contribution in [2.24, 2.45) is 0 Å². The van der Waals surface area contributed by atoms with Gasteiger partial charge in [-0.2, -0.15) is 0 Å². The van der Waals surface area contributed by atoms with E-state index in [1.165, 1.54) is 20.5 Å². The third-order valence-corrected chi connectivity index (χ3v) is 4.73. The molecule has 3 amide bonds. The van der Waals surface area contributed by atoms with E-state index in [9.17, 15) is 9.59 Å². The molecule has 1 aromatic carbocycles. The molecule has 0 saturated carbocycles. The molecule has 0 atom stereocenters. The van der Waals surface area contributed by atoms with Crippen molar-refractivity contribution >= 4 is 29.1 Å². The van der Waals surface area contributed by atoms with Crippen molar-refractivity contribution in [3.63, 3.8) is 0 Å². The number of carbonyl (C=O) groups excluding carboxylic acids is 2. The van der Waals surface area contributed by atoms with Gasteiger partial charge in [0.2, 0.25) is 5.91 Å². The maximum Gasteiger partial charge on any atom is 0.319 e. The Kier molecular flexibility index (Phi) is 6.89. The van der Waals surface area contributed by atoms with Crippen LogP contribution in [0.5, 0.6) is 5.75 Å². The van der Waals surface area contributed by atoms with Gasteiger partial charge in [-0.15, -0.1) is 0 Å². The van der Waals surface area contributed by atoms with Crippen LogP contribution >= 0.6 is 0 Å². The number of methoxy groups -OCH3 is 1. The van der Waals surface area contributed by atoms with Gasteiger partial charge in [0.15, 0.2) is 0 Å². The molecule has 0 radical (unpaired) electrons. The number of nitrogens with zero attached hydrogens (tertiary/aromatic N) is 2. The molecule has 0 unspecified atom stereocenters. The van der Waals surface area contributed by atoms with Crippen LogP contribution in [0.15, 0.2) is 36.5 Å². The van der Waals surface area contributed by atoms with Crippen molar-refractivity contribution in [2.45, 2.75) is 32.7 Å². The van der Waals surface area contributed by atoms with E-state index in [4.69, 9.17) is 4.74 Å². The van der Waals surface area contributed by atoms with Gasteiger partial charge in [0.1, 0.15) is 11.6 Å². The molecule has 1 aliphatic rings. The molecule has 0 aliphatic carbocycles. The first-order chi connectivity index (χ1) is 14.1. The van der Waals surface area contributed by atoms with E-state index in [0.29, 0.717) is 23.7 Å². The van der Waals surface area contributed by atoms with Crippen molar-refractivity contribution in [1.82, 2.24) is 10.3 Å². The normalized spacial score (nSPS) is 13.5. The third kappa shape index (κ3) is 5.60. The summed E-state index contributed by atoms with van der Waals surface area (Å²) in [5, 5.41) is 8.35. The van der Waals surface area contributed by atoms with Crippen LogP contribution in [0.25, 0.3) is 0 Å². The van der Waals surface area contributed by atoms with Crippen molar-refractivity contribution in [3.05, 3.63) is 42.1 Å². The van der Waals surface area contributed by atoms with Gasteiger partial charge in [0, 0.05) is 44.0 Å². The molecule has 2 heterocycles. The Morgan fingerprint density at radius 3 is 2.66 bits per heavy atom. The van der Waals surface area contributed by atoms with E-state index in [1.807, 2.05) is 12.1 Å². The number of urea groups is 1. The molecule has 1 saturated heterocycles. The summed E-state index contributed by atoms with van der Waals surface area (Å²) in [5.74, 6) is 1.25. The van der Waals surface area contributed by atoms with E-state index in [1.54, 1.807) is 24.4 Å². The summed E-state index contributed by atoms with van der Waals surface area (Å²) in [5.41, 5.74) is 2.02. The van der Waals surface area contributed by atoms with Crippen LogP contribution in [0.1, 0.15) is 31.7 Å². The van der Waals surface area contributed by atoms with E-state index in [0.717, 1.165) is 37.3 Å². The largest absolute Gasteiger partial charge is 0.495 e. The van der Waals surface area contributed by atoms with Crippen LogP contribution in [0.3, 0.4) is 0 Å². The predicted molar refractivity (Wildman–Crippen MR) is 113 cm³/mol. The second-order valence-electron chi connectivity index (χ2n) is 6.94. The average Bonchev–Trinajstić information content (AvgIpc) is 2.73. The second-order valence-corrected chi connectivity index (χ2v) is 6.94. The number of anilines is 3. The molecule has 1 aliphatic heterocycles. The number of ether oxygens (including phenoxy) is 1. The Morgan fingerprint density at radius 2 is 1.93 bits per heavy atom. The molecule has 1 aromatic heterocycles. The minimum absolute atomic E-state index is 0.188. The SMILES string of the molecule is COc1ccc(NC(C)=O)cc1NC(=O)NCc1cccnc1N1CCCCC1. The van der Waals surface area contributed by atoms with Crippen molar-refractivity contribution < 1.29 is 14.3 Å². The maximum absolute atomic E-state index is 12.5. The van der Waals surface area contributed by atoms with Gasteiger partial charge in [-0.3, -0.25) is 4.79 Å². The van der Waals surface area contributed by atoms with Gasteiger partial charge in [-0.05, 0) is 43.5 Å². The summed E-state index contributed by atoms with van der Waals surface area (Å²) >= 11 is 0. The van der Waals surface area contributed by atoms with E-state index < -0.39 is 0 Å². The van der Waals surface area contributed by atoms with Crippen LogP contribution in [0.2, 0.25) is 0 Å². The topological polar surface area (TPSA) is 95.6 Å². The zero-order chi connectivity index (χ0) is 20.6. The number of aromatic nitrogens is 1. The number of hydrogen-bond donors (Lipinski definition) is 3. The highest BCUT2D eigenvalue weighted by Crippen LogP contribution is 2.28.